The van der Waals surface area contributed by atoms with E-state index in [9.17, 15) is 0 Å². The topological polar surface area (TPSA) is 19.6 Å². The third-order valence-electron chi connectivity index (χ3n) is 14.9. The summed E-state index contributed by atoms with van der Waals surface area (Å²) in [7, 11) is 0. The second-order valence-corrected chi connectivity index (χ2v) is 19.2. The van der Waals surface area contributed by atoms with Gasteiger partial charge in [-0.25, -0.2) is 0 Å². The fraction of sp³-hybridized carbons (Fsp3) is 0. The first kappa shape index (κ1) is 43.8. The van der Waals surface area contributed by atoms with Crippen molar-refractivity contribution >= 4 is 88.4 Å². The lowest BCUT2D eigenvalue weighted by Gasteiger charge is -2.26. The molecule has 0 saturated carbocycles. The van der Waals surface area contributed by atoms with Crippen LogP contribution < -0.4 is 9.80 Å². The van der Waals surface area contributed by atoms with Crippen LogP contribution in [0.4, 0.5) is 34.1 Å². The van der Waals surface area contributed by atoms with Crippen LogP contribution in [-0.4, -0.2) is 0 Å². The highest BCUT2D eigenvalue weighted by atomic mass is 16.3. The van der Waals surface area contributed by atoms with Crippen molar-refractivity contribution in [3.8, 4) is 44.5 Å². The van der Waals surface area contributed by atoms with Crippen molar-refractivity contribution in [2.24, 2.45) is 0 Å². The molecular formula is C72H48N2O. The van der Waals surface area contributed by atoms with Gasteiger partial charge in [0.15, 0.2) is 0 Å². The molecule has 0 bridgehead atoms. The molecule has 352 valence electrons. The van der Waals surface area contributed by atoms with Gasteiger partial charge in [0, 0.05) is 50.5 Å². The van der Waals surface area contributed by atoms with Crippen LogP contribution in [0.3, 0.4) is 0 Å². The second-order valence-electron chi connectivity index (χ2n) is 19.2. The highest BCUT2D eigenvalue weighted by Gasteiger charge is 2.18. The Morgan fingerprint density at radius 1 is 0.200 bits per heavy atom. The van der Waals surface area contributed by atoms with E-state index in [-0.39, 0.29) is 0 Å². The molecule has 0 radical (unpaired) electrons. The maximum atomic E-state index is 6.40. The summed E-state index contributed by atoms with van der Waals surface area (Å²) in [5, 5.41) is 9.94. The molecule has 75 heavy (non-hydrogen) atoms. The Balaban J connectivity index is 0.800. The maximum Gasteiger partial charge on any atom is 0.143 e. The first-order valence-corrected chi connectivity index (χ1v) is 25.6. The van der Waals surface area contributed by atoms with E-state index in [1.807, 2.05) is 12.1 Å². The molecule has 13 aromatic carbocycles. The van der Waals surface area contributed by atoms with Crippen LogP contribution >= 0.6 is 0 Å². The average Bonchev–Trinajstić information content (AvgIpc) is 3.88. The molecule has 3 heteroatoms. The van der Waals surface area contributed by atoms with Crippen LogP contribution in [0.25, 0.3) is 98.8 Å². The van der Waals surface area contributed by atoms with E-state index in [2.05, 4.69) is 289 Å². The molecule has 0 atom stereocenters. The van der Waals surface area contributed by atoms with Crippen molar-refractivity contribution in [2.45, 2.75) is 0 Å². The molecule has 0 N–H and O–H groups in total. The molecule has 0 saturated heterocycles. The van der Waals surface area contributed by atoms with E-state index >= 15 is 0 Å². The van der Waals surface area contributed by atoms with Crippen LogP contribution in [0.15, 0.2) is 296 Å². The number of benzene rings is 13. The highest BCUT2D eigenvalue weighted by molar-refractivity contribution is 6.25. The monoisotopic (exact) mass is 956 g/mol. The number of fused-ring (bicyclic) bond motifs is 9. The maximum absolute atomic E-state index is 6.40. The number of para-hydroxylation sites is 4. The van der Waals surface area contributed by atoms with Gasteiger partial charge in [-0.3, -0.25) is 0 Å². The zero-order valence-corrected chi connectivity index (χ0v) is 41.0. The Kier molecular flexibility index (Phi) is 10.8. The predicted molar refractivity (Wildman–Crippen MR) is 317 cm³/mol. The summed E-state index contributed by atoms with van der Waals surface area (Å²) in [6.07, 6.45) is 0. The van der Waals surface area contributed by atoms with Gasteiger partial charge in [0.25, 0.3) is 0 Å². The van der Waals surface area contributed by atoms with Gasteiger partial charge >= 0.3 is 0 Å². The standard InChI is InChI=1S/C72H48N2O/c1-3-14-56(15-4-1)73(57-16-5-2-6-17-57)58-39-32-51(33-40-58)52-34-43-60(44-35-52)74(61-45-36-53(37-46-61)55-38-47-67-65-20-8-7-18-63(65)64-19-9-10-21-66(64)70(67)48-55)59-41-30-50(31-42-59)49-26-28-54(29-27-49)62-23-13-24-69-68-22-11-12-25-71(68)75-72(62)69/h1-48H. The van der Waals surface area contributed by atoms with Gasteiger partial charge < -0.3 is 14.2 Å². The average molecular weight is 957 g/mol. The highest BCUT2D eigenvalue weighted by Crippen LogP contribution is 2.42. The Morgan fingerprint density at radius 3 is 0.987 bits per heavy atom. The zero-order valence-electron chi connectivity index (χ0n) is 41.0. The summed E-state index contributed by atoms with van der Waals surface area (Å²) >= 11 is 0. The second kappa shape index (κ2) is 18.6. The Labute approximate surface area is 436 Å². The van der Waals surface area contributed by atoms with E-state index in [1.165, 1.54) is 43.4 Å². The summed E-state index contributed by atoms with van der Waals surface area (Å²) in [5.41, 5.74) is 17.6. The van der Waals surface area contributed by atoms with Gasteiger partial charge in [-0.1, -0.05) is 206 Å². The van der Waals surface area contributed by atoms with Gasteiger partial charge in [0.05, 0.1) is 0 Å². The number of anilines is 6. The molecule has 0 unspecified atom stereocenters. The Morgan fingerprint density at radius 2 is 0.520 bits per heavy atom. The molecule has 0 aliphatic rings. The SMILES string of the molecule is c1ccc(N(c2ccccc2)c2ccc(-c3ccc(N(c4ccc(-c5ccc(-c6cccc7c6oc6ccccc67)cc5)cc4)c4ccc(-c5ccc6c7ccccc7c7ccccc7c6c5)cc4)cc3)cc2)cc1. The molecule has 14 aromatic rings. The summed E-state index contributed by atoms with van der Waals surface area (Å²) < 4.78 is 6.40. The van der Waals surface area contributed by atoms with Crippen LogP contribution in [0.5, 0.6) is 0 Å². The number of nitrogens with zero attached hydrogens (tertiary/aromatic N) is 2. The van der Waals surface area contributed by atoms with Crippen molar-refractivity contribution < 1.29 is 4.42 Å². The van der Waals surface area contributed by atoms with Crippen LogP contribution in [-0.2, 0) is 0 Å². The van der Waals surface area contributed by atoms with E-state index in [0.717, 1.165) is 89.4 Å². The quantitative estimate of drug-likeness (QED) is 0.127. The molecule has 0 amide bonds. The third-order valence-corrected chi connectivity index (χ3v) is 14.9. The lowest BCUT2D eigenvalue weighted by molar-refractivity contribution is 0.670. The summed E-state index contributed by atoms with van der Waals surface area (Å²) in [6.45, 7) is 0. The van der Waals surface area contributed by atoms with Gasteiger partial charge in [-0.05, 0) is 156 Å². The fourth-order valence-corrected chi connectivity index (χ4v) is 11.2. The largest absolute Gasteiger partial charge is 0.455 e. The number of rotatable bonds is 10. The number of furan rings is 1. The zero-order chi connectivity index (χ0) is 49.7. The minimum absolute atomic E-state index is 0.908. The van der Waals surface area contributed by atoms with E-state index in [1.54, 1.807) is 0 Å². The summed E-state index contributed by atoms with van der Waals surface area (Å²) in [6, 6.07) is 105. The van der Waals surface area contributed by atoms with Gasteiger partial charge in [0.2, 0.25) is 0 Å². The smallest absolute Gasteiger partial charge is 0.143 e. The van der Waals surface area contributed by atoms with E-state index in [0.29, 0.717) is 0 Å². The van der Waals surface area contributed by atoms with E-state index in [4.69, 9.17) is 4.42 Å². The van der Waals surface area contributed by atoms with Crippen molar-refractivity contribution in [3.63, 3.8) is 0 Å². The molecule has 1 aromatic heterocycles. The number of hydrogen-bond donors (Lipinski definition) is 0. The van der Waals surface area contributed by atoms with Crippen molar-refractivity contribution in [3.05, 3.63) is 291 Å². The molecule has 0 fully saturated rings. The minimum Gasteiger partial charge on any atom is -0.455 e. The van der Waals surface area contributed by atoms with Crippen LogP contribution in [0.1, 0.15) is 0 Å². The first-order valence-electron chi connectivity index (χ1n) is 25.6. The normalized spacial score (nSPS) is 11.5. The molecule has 1 heterocycles. The predicted octanol–water partition coefficient (Wildman–Crippen LogP) is 20.7. The van der Waals surface area contributed by atoms with Crippen molar-refractivity contribution in [1.29, 1.82) is 0 Å². The lowest BCUT2D eigenvalue weighted by atomic mass is 9.92. The van der Waals surface area contributed by atoms with Crippen LogP contribution in [0, 0.1) is 0 Å². The molecule has 0 aliphatic heterocycles. The van der Waals surface area contributed by atoms with Crippen molar-refractivity contribution in [1.82, 2.24) is 0 Å². The molecule has 0 aliphatic carbocycles. The first-order chi connectivity index (χ1) is 37.2. The summed E-state index contributed by atoms with van der Waals surface area (Å²) in [5.74, 6) is 0. The molecular weight excluding hydrogens is 909 g/mol. The van der Waals surface area contributed by atoms with E-state index < -0.39 is 0 Å². The van der Waals surface area contributed by atoms with Gasteiger partial charge in [0.1, 0.15) is 11.2 Å². The Hall–Kier alpha value is -9.96. The van der Waals surface area contributed by atoms with Gasteiger partial charge in [-0.15, -0.1) is 0 Å². The van der Waals surface area contributed by atoms with Crippen LogP contribution in [0.2, 0.25) is 0 Å². The molecule has 0 spiro atoms. The van der Waals surface area contributed by atoms with Crippen molar-refractivity contribution in [2.75, 3.05) is 9.80 Å². The summed E-state index contributed by atoms with van der Waals surface area (Å²) in [4.78, 5) is 4.65. The minimum atomic E-state index is 0.908. The third kappa shape index (κ3) is 7.95. The Bertz CT molecular complexity index is 4280. The fourth-order valence-electron chi connectivity index (χ4n) is 11.2. The lowest BCUT2D eigenvalue weighted by Crippen LogP contribution is -2.10. The van der Waals surface area contributed by atoms with Gasteiger partial charge in [-0.2, -0.15) is 0 Å². The molecule has 3 nitrogen and oxygen atoms in total. The molecule has 14 rings (SSSR count). The number of hydrogen-bond acceptors (Lipinski definition) is 3.